The molecule has 1 amide bonds. The molecule has 35 heavy (non-hydrogen) atoms. The van der Waals surface area contributed by atoms with Gasteiger partial charge >= 0.3 is 6.18 Å². The Morgan fingerprint density at radius 1 is 0.857 bits per heavy atom. The predicted octanol–water partition coefficient (Wildman–Crippen LogP) is 7.62. The van der Waals surface area contributed by atoms with Crippen molar-refractivity contribution in [3.05, 3.63) is 89.0 Å². The Hall–Kier alpha value is -3.55. The quantitative estimate of drug-likeness (QED) is 0.347. The van der Waals surface area contributed by atoms with Gasteiger partial charge in [0, 0.05) is 23.2 Å². The highest BCUT2D eigenvalue weighted by molar-refractivity contribution is 6.04. The van der Waals surface area contributed by atoms with E-state index in [0.29, 0.717) is 29.2 Å². The van der Waals surface area contributed by atoms with Crippen LogP contribution in [0.3, 0.4) is 0 Å². The molecule has 0 saturated carbocycles. The molecule has 0 spiro atoms. The van der Waals surface area contributed by atoms with Crippen LogP contribution in [0.4, 0.5) is 27.6 Å². The van der Waals surface area contributed by atoms with Gasteiger partial charge in [0.25, 0.3) is 5.91 Å². The maximum Gasteiger partial charge on any atom is 0.416 e. The normalized spacial score (nSPS) is 12.5. The second-order valence-corrected chi connectivity index (χ2v) is 8.82. The Balaban J connectivity index is 2.07. The van der Waals surface area contributed by atoms with Gasteiger partial charge in [0.1, 0.15) is 17.4 Å². The first-order chi connectivity index (χ1) is 16.3. The minimum absolute atomic E-state index is 0.104. The lowest BCUT2D eigenvalue weighted by Gasteiger charge is -2.19. The smallest absolute Gasteiger partial charge is 0.322 e. The van der Waals surface area contributed by atoms with Crippen LogP contribution in [0, 0.1) is 17.6 Å². The maximum absolute atomic E-state index is 13.6. The van der Waals surface area contributed by atoms with Crippen LogP contribution in [0.5, 0.6) is 0 Å². The highest BCUT2D eigenvalue weighted by Gasteiger charge is 2.30. The number of hydrogen-bond acceptors (Lipinski definition) is 2. The molecule has 0 saturated heterocycles. The molecule has 1 unspecified atom stereocenters. The van der Waals surface area contributed by atoms with Crippen LogP contribution >= 0.6 is 0 Å². The fourth-order valence-electron chi connectivity index (χ4n) is 3.84. The lowest BCUT2D eigenvalue weighted by Crippen LogP contribution is -2.15. The molecule has 0 fully saturated rings. The fraction of sp³-hybridized carbons (Fsp3) is 0.259. The number of nitrogens with one attached hydrogen (secondary N) is 1. The van der Waals surface area contributed by atoms with Crippen LogP contribution in [0.25, 0.3) is 11.1 Å². The zero-order chi connectivity index (χ0) is 25.9. The summed E-state index contributed by atoms with van der Waals surface area (Å²) in [6, 6.07) is 11.8. The van der Waals surface area contributed by atoms with E-state index in [1.807, 2.05) is 13.8 Å². The Morgan fingerprint density at radius 2 is 1.46 bits per heavy atom. The molecule has 3 nitrogen and oxygen atoms in total. The lowest BCUT2D eigenvalue weighted by atomic mass is 9.85. The lowest BCUT2D eigenvalue weighted by molar-refractivity contribution is -0.137. The molecule has 0 radical (unpaired) electrons. The van der Waals surface area contributed by atoms with Gasteiger partial charge in [-0.15, -0.1) is 0 Å². The van der Waals surface area contributed by atoms with E-state index in [0.717, 1.165) is 24.3 Å². The van der Waals surface area contributed by atoms with E-state index in [1.165, 1.54) is 25.1 Å². The van der Waals surface area contributed by atoms with Gasteiger partial charge in [0.2, 0.25) is 0 Å². The van der Waals surface area contributed by atoms with Gasteiger partial charge < -0.3 is 5.32 Å². The van der Waals surface area contributed by atoms with E-state index in [-0.39, 0.29) is 23.0 Å². The number of halogens is 5. The topological polar surface area (TPSA) is 46.2 Å². The summed E-state index contributed by atoms with van der Waals surface area (Å²) in [7, 11) is 0. The molecule has 1 N–H and O–H groups in total. The van der Waals surface area contributed by atoms with Crippen LogP contribution < -0.4 is 5.32 Å². The predicted molar refractivity (Wildman–Crippen MR) is 124 cm³/mol. The fourth-order valence-corrected chi connectivity index (χ4v) is 3.84. The Kier molecular flexibility index (Phi) is 7.73. The Labute approximate surface area is 200 Å². The third-order valence-corrected chi connectivity index (χ3v) is 5.48. The third-order valence-electron chi connectivity index (χ3n) is 5.48. The summed E-state index contributed by atoms with van der Waals surface area (Å²) >= 11 is 0. The number of alkyl halides is 3. The molecule has 0 aliphatic carbocycles. The third kappa shape index (κ3) is 6.74. The van der Waals surface area contributed by atoms with Gasteiger partial charge in [-0.3, -0.25) is 9.59 Å². The molecule has 0 aliphatic heterocycles. The Bertz CT molecular complexity index is 1210. The zero-order valence-corrected chi connectivity index (χ0v) is 19.3. The number of benzene rings is 3. The van der Waals surface area contributed by atoms with Crippen LogP contribution in [-0.2, 0) is 11.0 Å². The highest BCUT2D eigenvalue weighted by atomic mass is 19.4. The van der Waals surface area contributed by atoms with Crippen LogP contribution in [0.2, 0.25) is 0 Å². The molecule has 8 heteroatoms. The molecule has 0 heterocycles. The van der Waals surface area contributed by atoms with E-state index >= 15 is 0 Å². The van der Waals surface area contributed by atoms with Crippen molar-refractivity contribution in [2.75, 3.05) is 5.32 Å². The van der Waals surface area contributed by atoms with Gasteiger partial charge in [0.05, 0.1) is 5.56 Å². The first-order valence-electron chi connectivity index (χ1n) is 10.9. The summed E-state index contributed by atoms with van der Waals surface area (Å²) in [4.78, 5) is 25.1. The number of anilines is 1. The van der Waals surface area contributed by atoms with Crippen molar-refractivity contribution < 1.29 is 31.5 Å². The number of Topliss-reactive ketones (excluding diaryl/α,β-unsaturated/α-hetero) is 1. The number of hydrogen-bond donors (Lipinski definition) is 1. The summed E-state index contributed by atoms with van der Waals surface area (Å²) in [5.41, 5.74) is 0.687. The van der Waals surface area contributed by atoms with E-state index in [4.69, 9.17) is 0 Å². The highest BCUT2D eigenvalue weighted by Crippen LogP contribution is 2.34. The summed E-state index contributed by atoms with van der Waals surface area (Å²) < 4.78 is 66.1. The second-order valence-electron chi connectivity index (χ2n) is 8.82. The van der Waals surface area contributed by atoms with Crippen molar-refractivity contribution in [3.8, 4) is 11.1 Å². The SMILES string of the molecule is CC(=O)C(CC(C)C)c1cc(NC(=O)c2cc(F)cc(F)c2)cc(-c2ccc(C(F)(F)F)cc2)c1. The van der Waals surface area contributed by atoms with Crippen molar-refractivity contribution in [2.24, 2.45) is 5.92 Å². The van der Waals surface area contributed by atoms with Crippen LogP contribution in [-0.4, -0.2) is 11.7 Å². The van der Waals surface area contributed by atoms with Crippen molar-refractivity contribution in [3.63, 3.8) is 0 Å². The molecule has 0 bridgehead atoms. The van der Waals surface area contributed by atoms with Gasteiger partial charge in [-0.25, -0.2) is 8.78 Å². The van der Waals surface area contributed by atoms with Crippen molar-refractivity contribution in [1.29, 1.82) is 0 Å². The van der Waals surface area contributed by atoms with Crippen molar-refractivity contribution in [1.82, 2.24) is 0 Å². The van der Waals surface area contributed by atoms with E-state index in [9.17, 15) is 31.5 Å². The average Bonchev–Trinajstić information content (AvgIpc) is 2.75. The molecule has 1 atom stereocenters. The first-order valence-corrected chi connectivity index (χ1v) is 10.9. The molecule has 0 aromatic heterocycles. The number of carbonyl (C=O) groups is 2. The number of ketones is 1. The van der Waals surface area contributed by atoms with Gasteiger partial charge in [-0.2, -0.15) is 13.2 Å². The molecule has 0 aliphatic rings. The standard InChI is InChI=1S/C27H24F5NO2/c1-15(2)8-25(16(3)34)19-9-18(17-4-6-21(7-5-17)27(30,31)32)12-24(13-19)33-26(35)20-10-22(28)14-23(29)11-20/h4-7,9-15,25H,8H2,1-3H3,(H,33,35). The summed E-state index contributed by atoms with van der Waals surface area (Å²) in [6.07, 6.45) is -3.97. The van der Waals surface area contributed by atoms with E-state index in [1.54, 1.807) is 12.1 Å². The minimum atomic E-state index is -4.49. The van der Waals surface area contributed by atoms with Gasteiger partial charge in [-0.05, 0) is 72.4 Å². The molecule has 3 rings (SSSR count). The number of rotatable bonds is 7. The number of carbonyl (C=O) groups excluding carboxylic acids is 2. The van der Waals surface area contributed by atoms with Crippen molar-refractivity contribution in [2.45, 2.75) is 39.3 Å². The molecular weight excluding hydrogens is 465 g/mol. The maximum atomic E-state index is 13.6. The van der Waals surface area contributed by atoms with Gasteiger partial charge in [-0.1, -0.05) is 32.0 Å². The van der Waals surface area contributed by atoms with Crippen molar-refractivity contribution >= 4 is 17.4 Å². The average molecular weight is 489 g/mol. The van der Waals surface area contributed by atoms with E-state index in [2.05, 4.69) is 5.32 Å². The molecular formula is C27H24F5NO2. The zero-order valence-electron chi connectivity index (χ0n) is 19.3. The second kappa shape index (κ2) is 10.4. The Morgan fingerprint density at radius 3 is 1.97 bits per heavy atom. The number of amides is 1. The van der Waals surface area contributed by atoms with Crippen LogP contribution in [0.1, 0.15) is 54.6 Å². The molecule has 3 aromatic rings. The molecule has 184 valence electrons. The summed E-state index contributed by atoms with van der Waals surface area (Å²) in [5.74, 6) is -3.04. The summed E-state index contributed by atoms with van der Waals surface area (Å²) in [5, 5.41) is 2.58. The van der Waals surface area contributed by atoms with Gasteiger partial charge in [0.15, 0.2) is 0 Å². The largest absolute Gasteiger partial charge is 0.416 e. The molecule has 3 aromatic carbocycles. The van der Waals surface area contributed by atoms with E-state index < -0.39 is 35.2 Å². The first kappa shape index (κ1) is 26.1. The monoisotopic (exact) mass is 489 g/mol. The van der Waals surface area contributed by atoms with Crippen LogP contribution in [0.15, 0.2) is 60.7 Å². The summed E-state index contributed by atoms with van der Waals surface area (Å²) in [6.45, 7) is 5.36. The minimum Gasteiger partial charge on any atom is -0.322 e.